The van der Waals surface area contributed by atoms with Crippen LogP contribution in [0.25, 0.3) is 0 Å². The standard InChI is InChI=1S/C16H18N4O3/c1-2-23-16-12(4-3-7-17-16)15(22)18-11-5-6-13-10(8-11)9-14(21)20-19-13/h3-4,7,9,11H,2,5-6,8H2,1H3,(H,18,22)(H,20,21)/t11-/m0/s1. The van der Waals surface area contributed by atoms with E-state index < -0.39 is 0 Å². The molecule has 2 aromatic heterocycles. The van der Waals surface area contributed by atoms with Crippen LogP contribution in [0.2, 0.25) is 0 Å². The van der Waals surface area contributed by atoms with Crippen molar-refractivity contribution < 1.29 is 9.53 Å². The first kappa shape index (κ1) is 15.2. The number of aromatic nitrogens is 3. The number of nitrogens with one attached hydrogen (secondary N) is 2. The highest BCUT2D eigenvalue weighted by Crippen LogP contribution is 2.19. The first-order valence-corrected chi connectivity index (χ1v) is 7.63. The van der Waals surface area contributed by atoms with Crippen molar-refractivity contribution in [3.05, 3.63) is 51.6 Å². The third kappa shape index (κ3) is 3.39. The molecule has 1 aliphatic rings. The summed E-state index contributed by atoms with van der Waals surface area (Å²) in [5.74, 6) is 0.120. The molecule has 2 aromatic rings. The fraction of sp³-hybridized carbons (Fsp3) is 0.375. The van der Waals surface area contributed by atoms with Gasteiger partial charge in [0.25, 0.3) is 11.5 Å². The third-order valence-electron chi connectivity index (χ3n) is 3.81. The number of hydrogen-bond donors (Lipinski definition) is 2. The first-order chi connectivity index (χ1) is 11.2. The molecule has 23 heavy (non-hydrogen) atoms. The van der Waals surface area contributed by atoms with Crippen molar-refractivity contribution >= 4 is 5.91 Å². The second kappa shape index (κ2) is 6.60. The number of aryl methyl sites for hydroxylation is 1. The average molecular weight is 314 g/mol. The number of H-pyrrole nitrogens is 1. The maximum atomic E-state index is 12.5. The molecule has 120 valence electrons. The van der Waals surface area contributed by atoms with Crippen LogP contribution in [-0.4, -0.2) is 33.7 Å². The van der Waals surface area contributed by atoms with E-state index in [2.05, 4.69) is 20.5 Å². The topological polar surface area (TPSA) is 97.0 Å². The van der Waals surface area contributed by atoms with E-state index in [1.165, 1.54) is 0 Å². The molecule has 0 saturated heterocycles. The zero-order chi connectivity index (χ0) is 16.2. The minimum atomic E-state index is -0.221. The Kier molecular flexibility index (Phi) is 4.36. The number of carbonyl (C=O) groups is 1. The molecule has 0 bridgehead atoms. The second-order valence-electron chi connectivity index (χ2n) is 5.41. The molecule has 1 amide bonds. The molecule has 0 radical (unpaired) electrons. The second-order valence-corrected chi connectivity index (χ2v) is 5.41. The van der Waals surface area contributed by atoms with Gasteiger partial charge in [-0.1, -0.05) is 0 Å². The Balaban J connectivity index is 1.73. The van der Waals surface area contributed by atoms with Crippen LogP contribution in [0.4, 0.5) is 0 Å². The highest BCUT2D eigenvalue weighted by molar-refractivity contribution is 5.96. The van der Waals surface area contributed by atoms with Gasteiger partial charge in [-0.3, -0.25) is 9.59 Å². The Hall–Kier alpha value is -2.70. The molecule has 0 saturated carbocycles. The van der Waals surface area contributed by atoms with E-state index in [0.717, 1.165) is 24.1 Å². The summed E-state index contributed by atoms with van der Waals surface area (Å²) >= 11 is 0. The number of hydrogen-bond acceptors (Lipinski definition) is 5. The lowest BCUT2D eigenvalue weighted by Gasteiger charge is -2.24. The first-order valence-electron chi connectivity index (χ1n) is 7.63. The largest absolute Gasteiger partial charge is 0.477 e. The van der Waals surface area contributed by atoms with Gasteiger partial charge in [0.1, 0.15) is 5.56 Å². The van der Waals surface area contributed by atoms with Crippen LogP contribution in [0.15, 0.2) is 29.2 Å². The number of rotatable bonds is 4. The Morgan fingerprint density at radius 2 is 2.39 bits per heavy atom. The molecule has 7 heteroatoms. The van der Waals surface area contributed by atoms with E-state index in [9.17, 15) is 9.59 Å². The van der Waals surface area contributed by atoms with Crippen molar-refractivity contribution in [3.63, 3.8) is 0 Å². The van der Waals surface area contributed by atoms with Crippen molar-refractivity contribution in [3.8, 4) is 5.88 Å². The van der Waals surface area contributed by atoms with Gasteiger partial charge in [0, 0.05) is 18.3 Å². The molecule has 0 aliphatic heterocycles. The van der Waals surface area contributed by atoms with Gasteiger partial charge in [-0.05, 0) is 43.9 Å². The molecule has 1 aliphatic carbocycles. The number of amides is 1. The van der Waals surface area contributed by atoms with E-state index in [1.807, 2.05) is 6.92 Å². The fourth-order valence-corrected chi connectivity index (χ4v) is 2.74. The molecule has 7 nitrogen and oxygen atoms in total. The molecule has 1 atom stereocenters. The number of fused-ring (bicyclic) bond motifs is 1. The molecule has 0 unspecified atom stereocenters. The highest BCUT2D eigenvalue weighted by Gasteiger charge is 2.23. The lowest BCUT2D eigenvalue weighted by Crippen LogP contribution is -2.39. The van der Waals surface area contributed by atoms with E-state index in [-0.39, 0.29) is 17.5 Å². The van der Waals surface area contributed by atoms with Crippen molar-refractivity contribution in [2.45, 2.75) is 32.2 Å². The van der Waals surface area contributed by atoms with Crippen LogP contribution >= 0.6 is 0 Å². The molecule has 2 N–H and O–H groups in total. The maximum absolute atomic E-state index is 12.5. The van der Waals surface area contributed by atoms with Crippen molar-refractivity contribution in [2.24, 2.45) is 0 Å². The lowest BCUT2D eigenvalue weighted by atomic mass is 9.92. The molecule has 0 fully saturated rings. The van der Waals surface area contributed by atoms with E-state index >= 15 is 0 Å². The Labute approximate surface area is 133 Å². The highest BCUT2D eigenvalue weighted by atomic mass is 16.5. The predicted molar refractivity (Wildman–Crippen MR) is 83.5 cm³/mol. The number of pyridine rings is 1. The van der Waals surface area contributed by atoms with Gasteiger partial charge in [-0.25, -0.2) is 10.1 Å². The minimum absolute atomic E-state index is 0.0340. The summed E-state index contributed by atoms with van der Waals surface area (Å²) in [5, 5.41) is 9.49. The molecular formula is C16H18N4O3. The van der Waals surface area contributed by atoms with Crippen LogP contribution in [0, 0.1) is 0 Å². The van der Waals surface area contributed by atoms with Crippen LogP contribution < -0.4 is 15.6 Å². The summed E-state index contributed by atoms with van der Waals surface area (Å²) in [6.45, 7) is 2.29. The van der Waals surface area contributed by atoms with Gasteiger partial charge >= 0.3 is 0 Å². The zero-order valence-corrected chi connectivity index (χ0v) is 12.8. The Morgan fingerprint density at radius 1 is 1.52 bits per heavy atom. The Morgan fingerprint density at radius 3 is 3.22 bits per heavy atom. The number of nitrogens with zero attached hydrogens (tertiary/aromatic N) is 2. The summed E-state index contributed by atoms with van der Waals surface area (Å²) in [5.41, 5.74) is 1.98. The summed E-state index contributed by atoms with van der Waals surface area (Å²) in [7, 11) is 0. The van der Waals surface area contributed by atoms with Crippen molar-refractivity contribution in [2.75, 3.05) is 6.61 Å². The number of aromatic amines is 1. The lowest BCUT2D eigenvalue weighted by molar-refractivity contribution is 0.0928. The van der Waals surface area contributed by atoms with E-state index in [1.54, 1.807) is 24.4 Å². The van der Waals surface area contributed by atoms with Gasteiger partial charge < -0.3 is 10.1 Å². The molecule has 3 rings (SSSR count). The van der Waals surface area contributed by atoms with E-state index in [4.69, 9.17) is 4.74 Å². The van der Waals surface area contributed by atoms with Crippen molar-refractivity contribution in [1.29, 1.82) is 0 Å². The summed E-state index contributed by atoms with van der Waals surface area (Å²) in [6.07, 6.45) is 3.70. The van der Waals surface area contributed by atoms with Gasteiger partial charge in [0.05, 0.1) is 12.3 Å². The quantitative estimate of drug-likeness (QED) is 0.872. The normalized spacial score (nSPS) is 16.5. The van der Waals surface area contributed by atoms with Crippen LogP contribution in [-0.2, 0) is 12.8 Å². The average Bonchev–Trinajstić information content (AvgIpc) is 2.55. The van der Waals surface area contributed by atoms with E-state index in [0.29, 0.717) is 24.5 Å². The summed E-state index contributed by atoms with van der Waals surface area (Å²) in [4.78, 5) is 27.9. The number of ether oxygens (including phenoxy) is 1. The smallest absolute Gasteiger partial charge is 0.264 e. The Bertz CT molecular complexity index is 772. The summed E-state index contributed by atoms with van der Waals surface area (Å²) in [6, 6.07) is 4.91. The monoisotopic (exact) mass is 314 g/mol. The minimum Gasteiger partial charge on any atom is -0.477 e. The maximum Gasteiger partial charge on any atom is 0.264 e. The zero-order valence-electron chi connectivity index (χ0n) is 12.8. The SMILES string of the molecule is CCOc1ncccc1C(=O)N[C@H]1CCc2n[nH]c(=O)cc2C1. The third-order valence-corrected chi connectivity index (χ3v) is 3.81. The summed E-state index contributed by atoms with van der Waals surface area (Å²) < 4.78 is 5.39. The number of carbonyl (C=O) groups excluding carboxylic acids is 1. The van der Waals surface area contributed by atoms with Gasteiger partial charge in [0.2, 0.25) is 5.88 Å². The fourth-order valence-electron chi connectivity index (χ4n) is 2.74. The van der Waals surface area contributed by atoms with Gasteiger partial charge in [0.15, 0.2) is 0 Å². The van der Waals surface area contributed by atoms with Crippen molar-refractivity contribution in [1.82, 2.24) is 20.5 Å². The molecular weight excluding hydrogens is 296 g/mol. The van der Waals surface area contributed by atoms with Crippen LogP contribution in [0.5, 0.6) is 5.88 Å². The molecule has 2 heterocycles. The molecule has 0 aromatic carbocycles. The van der Waals surface area contributed by atoms with Crippen LogP contribution in [0.3, 0.4) is 0 Å². The predicted octanol–water partition coefficient (Wildman–Crippen LogP) is 0.851. The van der Waals surface area contributed by atoms with Gasteiger partial charge in [-0.15, -0.1) is 0 Å². The van der Waals surface area contributed by atoms with Crippen LogP contribution in [0.1, 0.15) is 35.0 Å². The van der Waals surface area contributed by atoms with Gasteiger partial charge in [-0.2, -0.15) is 5.10 Å². The molecule has 0 spiro atoms.